The van der Waals surface area contributed by atoms with Gasteiger partial charge in [0.1, 0.15) is 5.82 Å². The lowest BCUT2D eigenvalue weighted by atomic mass is 10.0. The summed E-state index contributed by atoms with van der Waals surface area (Å²) in [5.74, 6) is 1.06. The van der Waals surface area contributed by atoms with E-state index < -0.39 is 0 Å². The van der Waals surface area contributed by atoms with Crippen LogP contribution in [-0.2, 0) is 13.0 Å². The minimum absolute atomic E-state index is 0.263. The third-order valence-corrected chi connectivity index (χ3v) is 3.51. The van der Waals surface area contributed by atoms with E-state index in [4.69, 9.17) is 5.73 Å². The zero-order valence-corrected chi connectivity index (χ0v) is 10.1. The summed E-state index contributed by atoms with van der Waals surface area (Å²) in [5.41, 5.74) is 9.83. The molecular formula is C14H17N3. The summed E-state index contributed by atoms with van der Waals surface area (Å²) in [6.07, 6.45) is 4.10. The number of fused-ring (bicyclic) bond motifs is 1. The predicted octanol–water partition coefficient (Wildman–Crippen LogP) is 2.13. The first-order chi connectivity index (χ1) is 8.25. The molecule has 0 saturated heterocycles. The molecule has 88 valence electrons. The Morgan fingerprint density at radius 3 is 3.00 bits per heavy atom. The van der Waals surface area contributed by atoms with Crippen LogP contribution in [0.5, 0.6) is 0 Å². The summed E-state index contributed by atoms with van der Waals surface area (Å²) in [6.45, 7) is 3.01. The smallest absolute Gasteiger partial charge is 0.140 e. The highest BCUT2D eigenvalue weighted by Gasteiger charge is 2.19. The number of aryl methyl sites for hydroxylation is 2. The van der Waals surface area contributed by atoms with E-state index in [1.54, 1.807) is 0 Å². The van der Waals surface area contributed by atoms with Crippen LogP contribution >= 0.6 is 0 Å². The molecule has 0 saturated carbocycles. The Morgan fingerprint density at radius 2 is 2.18 bits per heavy atom. The third-order valence-electron chi connectivity index (χ3n) is 3.51. The van der Waals surface area contributed by atoms with Gasteiger partial charge in [0.2, 0.25) is 0 Å². The van der Waals surface area contributed by atoms with Crippen molar-refractivity contribution in [2.75, 3.05) is 0 Å². The quantitative estimate of drug-likeness (QED) is 0.811. The number of rotatable bonds is 1. The average Bonchev–Trinajstić information content (AvgIpc) is 2.72. The normalized spacial score (nSPS) is 19.1. The monoisotopic (exact) mass is 227 g/mol. The van der Waals surface area contributed by atoms with Crippen molar-refractivity contribution in [1.29, 1.82) is 0 Å². The van der Waals surface area contributed by atoms with Gasteiger partial charge in [-0.15, -0.1) is 0 Å². The van der Waals surface area contributed by atoms with Gasteiger partial charge in [-0.3, -0.25) is 0 Å². The molecule has 1 aromatic heterocycles. The van der Waals surface area contributed by atoms with Crippen LogP contribution in [0.3, 0.4) is 0 Å². The van der Waals surface area contributed by atoms with Crippen LogP contribution in [0, 0.1) is 6.92 Å². The molecule has 1 aromatic carbocycles. The van der Waals surface area contributed by atoms with Crippen LogP contribution in [0.2, 0.25) is 0 Å². The summed E-state index contributed by atoms with van der Waals surface area (Å²) in [6, 6.07) is 8.64. The Morgan fingerprint density at radius 1 is 1.35 bits per heavy atom. The van der Waals surface area contributed by atoms with Crippen molar-refractivity contribution in [2.45, 2.75) is 32.4 Å². The summed E-state index contributed by atoms with van der Waals surface area (Å²) in [7, 11) is 0. The number of nitrogens with two attached hydrogens (primary N) is 1. The topological polar surface area (TPSA) is 43.8 Å². The van der Waals surface area contributed by atoms with Gasteiger partial charge in [-0.05, 0) is 25.3 Å². The van der Waals surface area contributed by atoms with Gasteiger partial charge in [0.25, 0.3) is 0 Å². The maximum absolute atomic E-state index is 6.05. The number of hydrogen-bond acceptors (Lipinski definition) is 2. The number of imidazole rings is 1. The molecule has 0 bridgehead atoms. The molecule has 1 aliphatic rings. The lowest BCUT2D eigenvalue weighted by molar-refractivity contribution is 0.463. The average molecular weight is 227 g/mol. The van der Waals surface area contributed by atoms with E-state index in [-0.39, 0.29) is 6.04 Å². The number of benzene rings is 1. The highest BCUT2D eigenvalue weighted by atomic mass is 15.1. The van der Waals surface area contributed by atoms with Gasteiger partial charge in [0.15, 0.2) is 0 Å². The first-order valence-electron chi connectivity index (χ1n) is 6.11. The summed E-state index contributed by atoms with van der Waals surface area (Å²) < 4.78 is 2.27. The van der Waals surface area contributed by atoms with Gasteiger partial charge in [-0.25, -0.2) is 4.98 Å². The first kappa shape index (κ1) is 10.5. The molecule has 2 aromatic rings. The Bertz CT molecular complexity index is 542. The molecule has 1 unspecified atom stereocenters. The van der Waals surface area contributed by atoms with Crippen molar-refractivity contribution in [2.24, 2.45) is 5.73 Å². The SMILES string of the molecule is Cc1ccccc1-c1ncc2n1CC(N)CC2. The van der Waals surface area contributed by atoms with Crippen LogP contribution in [0.1, 0.15) is 17.7 Å². The van der Waals surface area contributed by atoms with Crippen LogP contribution in [0.25, 0.3) is 11.4 Å². The van der Waals surface area contributed by atoms with Crippen molar-refractivity contribution < 1.29 is 0 Å². The minimum atomic E-state index is 0.263. The number of nitrogens with zero attached hydrogens (tertiary/aromatic N) is 2. The Kier molecular flexibility index (Phi) is 2.48. The maximum atomic E-state index is 6.05. The molecule has 0 radical (unpaired) electrons. The van der Waals surface area contributed by atoms with E-state index in [1.807, 2.05) is 6.20 Å². The predicted molar refractivity (Wildman–Crippen MR) is 68.7 cm³/mol. The highest BCUT2D eigenvalue weighted by Crippen LogP contribution is 2.26. The van der Waals surface area contributed by atoms with Crippen molar-refractivity contribution in [3.8, 4) is 11.4 Å². The van der Waals surface area contributed by atoms with E-state index in [2.05, 4.69) is 40.7 Å². The molecule has 3 heteroatoms. The second-order valence-corrected chi connectivity index (χ2v) is 4.80. The Balaban J connectivity index is 2.11. The van der Waals surface area contributed by atoms with Gasteiger partial charge in [0, 0.05) is 30.0 Å². The molecule has 1 aliphatic heterocycles. The second kappa shape index (κ2) is 4.00. The number of aromatic nitrogens is 2. The van der Waals surface area contributed by atoms with Gasteiger partial charge in [0.05, 0.1) is 0 Å². The molecule has 3 nitrogen and oxygen atoms in total. The standard InChI is InChI=1S/C14H17N3/c1-10-4-2-3-5-13(10)14-16-8-12-7-6-11(15)9-17(12)14/h2-5,8,11H,6-7,9,15H2,1H3. The van der Waals surface area contributed by atoms with E-state index in [1.165, 1.54) is 16.8 Å². The second-order valence-electron chi connectivity index (χ2n) is 4.80. The minimum Gasteiger partial charge on any atom is -0.327 e. The summed E-state index contributed by atoms with van der Waals surface area (Å²) in [4.78, 5) is 4.57. The zero-order chi connectivity index (χ0) is 11.8. The molecule has 2 N–H and O–H groups in total. The van der Waals surface area contributed by atoms with Crippen LogP contribution in [0.15, 0.2) is 30.5 Å². The largest absolute Gasteiger partial charge is 0.327 e. The van der Waals surface area contributed by atoms with Crippen molar-refractivity contribution >= 4 is 0 Å². The van der Waals surface area contributed by atoms with Gasteiger partial charge in [-0.1, -0.05) is 24.3 Å². The summed E-state index contributed by atoms with van der Waals surface area (Å²) in [5, 5.41) is 0. The van der Waals surface area contributed by atoms with Crippen LogP contribution in [-0.4, -0.2) is 15.6 Å². The van der Waals surface area contributed by atoms with Gasteiger partial charge < -0.3 is 10.3 Å². The van der Waals surface area contributed by atoms with Crippen molar-refractivity contribution in [3.63, 3.8) is 0 Å². The molecule has 2 heterocycles. The summed E-state index contributed by atoms with van der Waals surface area (Å²) >= 11 is 0. The van der Waals surface area contributed by atoms with Gasteiger partial charge >= 0.3 is 0 Å². The highest BCUT2D eigenvalue weighted by molar-refractivity contribution is 5.60. The molecule has 0 aliphatic carbocycles. The number of hydrogen-bond donors (Lipinski definition) is 1. The van der Waals surface area contributed by atoms with E-state index in [0.717, 1.165) is 25.2 Å². The molecule has 1 atom stereocenters. The van der Waals surface area contributed by atoms with E-state index in [9.17, 15) is 0 Å². The molecule has 0 amide bonds. The van der Waals surface area contributed by atoms with Gasteiger partial charge in [-0.2, -0.15) is 0 Å². The van der Waals surface area contributed by atoms with Crippen LogP contribution < -0.4 is 5.73 Å². The lowest BCUT2D eigenvalue weighted by Gasteiger charge is -2.22. The molecule has 0 spiro atoms. The maximum Gasteiger partial charge on any atom is 0.140 e. The fourth-order valence-corrected chi connectivity index (χ4v) is 2.51. The molecule has 0 fully saturated rings. The fraction of sp³-hybridized carbons (Fsp3) is 0.357. The molecular weight excluding hydrogens is 210 g/mol. The Labute approximate surface area is 101 Å². The first-order valence-corrected chi connectivity index (χ1v) is 6.11. The van der Waals surface area contributed by atoms with E-state index in [0.29, 0.717) is 0 Å². The third kappa shape index (κ3) is 1.76. The fourth-order valence-electron chi connectivity index (χ4n) is 2.51. The lowest BCUT2D eigenvalue weighted by Crippen LogP contribution is -2.32. The molecule has 3 rings (SSSR count). The Hall–Kier alpha value is -1.61. The van der Waals surface area contributed by atoms with E-state index >= 15 is 0 Å². The zero-order valence-electron chi connectivity index (χ0n) is 10.1. The van der Waals surface area contributed by atoms with Crippen molar-refractivity contribution in [3.05, 3.63) is 41.7 Å². The van der Waals surface area contributed by atoms with Crippen molar-refractivity contribution in [1.82, 2.24) is 9.55 Å². The van der Waals surface area contributed by atoms with Crippen LogP contribution in [0.4, 0.5) is 0 Å². The molecule has 17 heavy (non-hydrogen) atoms.